The fourth-order valence-corrected chi connectivity index (χ4v) is 3.02. The van der Waals surface area contributed by atoms with Gasteiger partial charge in [-0.1, -0.05) is 6.07 Å². The lowest BCUT2D eigenvalue weighted by Gasteiger charge is -2.21. The van der Waals surface area contributed by atoms with Gasteiger partial charge in [-0.3, -0.25) is 9.56 Å². The Balaban J connectivity index is 0.00000300. The van der Waals surface area contributed by atoms with Crippen molar-refractivity contribution in [1.29, 1.82) is 0 Å². The normalized spacial score (nSPS) is 15.0. The maximum Gasteiger partial charge on any atom is 0.191 e. The molecule has 2 aromatic rings. The van der Waals surface area contributed by atoms with Crippen molar-refractivity contribution in [3.05, 3.63) is 42.6 Å². The number of guanidine groups is 1. The first-order chi connectivity index (χ1) is 13.8. The summed E-state index contributed by atoms with van der Waals surface area (Å²) >= 11 is 0. The molecule has 3 rings (SSSR count). The van der Waals surface area contributed by atoms with E-state index in [0.717, 1.165) is 69.6 Å². The number of nitrogens with zero attached hydrogens (tertiary/aromatic N) is 4. The third-order valence-corrected chi connectivity index (χ3v) is 4.71. The van der Waals surface area contributed by atoms with Crippen molar-refractivity contribution in [2.75, 3.05) is 40.0 Å². The van der Waals surface area contributed by atoms with E-state index in [1.165, 1.54) is 0 Å². The summed E-state index contributed by atoms with van der Waals surface area (Å²) in [6.45, 7) is 4.85. The second-order valence-corrected chi connectivity index (χ2v) is 6.83. The van der Waals surface area contributed by atoms with E-state index in [1.54, 1.807) is 19.6 Å². The zero-order chi connectivity index (χ0) is 19.4. The van der Waals surface area contributed by atoms with E-state index >= 15 is 0 Å². The predicted molar refractivity (Wildman–Crippen MR) is 124 cm³/mol. The van der Waals surface area contributed by atoms with Gasteiger partial charge in [0.15, 0.2) is 5.96 Å². The van der Waals surface area contributed by atoms with Crippen LogP contribution in [0.15, 0.2) is 42.0 Å². The number of hydrogen-bond acceptors (Lipinski definition) is 5. The molecule has 0 atom stereocenters. The highest BCUT2D eigenvalue weighted by Gasteiger charge is 2.13. The lowest BCUT2D eigenvalue weighted by molar-refractivity contribution is 0.0203. The molecule has 8 nitrogen and oxygen atoms in total. The van der Waals surface area contributed by atoms with Crippen LogP contribution in [0, 0.1) is 5.92 Å². The SMILES string of the molecule is CN=C(NCCCOCC1CCOCC1)NCc1ccc(-n2ccnc2)nc1.I. The van der Waals surface area contributed by atoms with Crippen LogP contribution >= 0.6 is 24.0 Å². The average Bonchev–Trinajstić information content (AvgIpc) is 3.29. The molecule has 29 heavy (non-hydrogen) atoms. The topological polar surface area (TPSA) is 85.6 Å². The second kappa shape index (κ2) is 13.5. The first kappa shape index (κ1) is 23.6. The summed E-state index contributed by atoms with van der Waals surface area (Å²) in [6.07, 6.45) is 10.4. The number of aromatic nitrogens is 3. The van der Waals surface area contributed by atoms with Gasteiger partial charge in [-0.2, -0.15) is 0 Å². The first-order valence-corrected chi connectivity index (χ1v) is 9.88. The molecular formula is C20H31IN6O2. The lowest BCUT2D eigenvalue weighted by atomic mass is 10.0. The number of hydrogen-bond donors (Lipinski definition) is 2. The van der Waals surface area contributed by atoms with Crippen molar-refractivity contribution in [3.63, 3.8) is 0 Å². The van der Waals surface area contributed by atoms with Crippen LogP contribution < -0.4 is 10.6 Å². The molecule has 0 bridgehead atoms. The molecule has 1 aliphatic rings. The Hall–Kier alpha value is -1.72. The Morgan fingerprint density at radius 2 is 2.17 bits per heavy atom. The van der Waals surface area contributed by atoms with E-state index in [9.17, 15) is 0 Å². The fourth-order valence-electron chi connectivity index (χ4n) is 3.02. The lowest BCUT2D eigenvalue weighted by Crippen LogP contribution is -2.37. The number of halogens is 1. The van der Waals surface area contributed by atoms with Crippen molar-refractivity contribution < 1.29 is 9.47 Å². The zero-order valence-electron chi connectivity index (χ0n) is 16.9. The van der Waals surface area contributed by atoms with Gasteiger partial charge in [-0.25, -0.2) is 9.97 Å². The number of nitrogens with one attached hydrogen (secondary N) is 2. The summed E-state index contributed by atoms with van der Waals surface area (Å²) in [5.74, 6) is 2.29. The van der Waals surface area contributed by atoms with E-state index in [4.69, 9.17) is 9.47 Å². The van der Waals surface area contributed by atoms with Gasteiger partial charge in [0.1, 0.15) is 12.1 Å². The minimum absolute atomic E-state index is 0. The molecule has 2 aromatic heterocycles. The number of imidazole rings is 1. The van der Waals surface area contributed by atoms with Gasteiger partial charge in [0, 0.05) is 65.2 Å². The van der Waals surface area contributed by atoms with E-state index in [0.29, 0.717) is 12.5 Å². The number of ether oxygens (including phenoxy) is 2. The highest BCUT2D eigenvalue weighted by molar-refractivity contribution is 14.0. The number of rotatable bonds is 9. The van der Waals surface area contributed by atoms with E-state index in [1.807, 2.05) is 29.1 Å². The second-order valence-electron chi connectivity index (χ2n) is 6.83. The molecule has 0 aromatic carbocycles. The largest absolute Gasteiger partial charge is 0.381 e. The highest BCUT2D eigenvalue weighted by atomic mass is 127. The van der Waals surface area contributed by atoms with Gasteiger partial charge in [-0.15, -0.1) is 24.0 Å². The summed E-state index contributed by atoms with van der Waals surface area (Å²) in [5.41, 5.74) is 1.09. The Morgan fingerprint density at radius 3 is 2.86 bits per heavy atom. The van der Waals surface area contributed by atoms with Crippen LogP contribution in [-0.4, -0.2) is 60.5 Å². The molecule has 1 saturated heterocycles. The Labute approximate surface area is 189 Å². The van der Waals surface area contributed by atoms with Crippen molar-refractivity contribution in [3.8, 4) is 5.82 Å². The van der Waals surface area contributed by atoms with E-state index < -0.39 is 0 Å². The smallest absolute Gasteiger partial charge is 0.191 e. The summed E-state index contributed by atoms with van der Waals surface area (Å²) in [4.78, 5) is 12.8. The van der Waals surface area contributed by atoms with Crippen LogP contribution in [0.25, 0.3) is 5.82 Å². The fraction of sp³-hybridized carbons (Fsp3) is 0.550. The van der Waals surface area contributed by atoms with Gasteiger partial charge in [0.05, 0.1) is 0 Å². The summed E-state index contributed by atoms with van der Waals surface area (Å²) < 4.78 is 13.0. The number of aliphatic imine (C=N–C) groups is 1. The maximum absolute atomic E-state index is 5.79. The Bertz CT molecular complexity index is 702. The Kier molecular flexibility index (Phi) is 11.0. The minimum atomic E-state index is 0. The molecule has 1 aliphatic heterocycles. The summed E-state index contributed by atoms with van der Waals surface area (Å²) in [5, 5.41) is 6.63. The monoisotopic (exact) mass is 514 g/mol. The van der Waals surface area contributed by atoms with Gasteiger partial charge < -0.3 is 20.1 Å². The van der Waals surface area contributed by atoms with Crippen LogP contribution in [-0.2, 0) is 16.0 Å². The number of pyridine rings is 1. The summed E-state index contributed by atoms with van der Waals surface area (Å²) in [6, 6.07) is 4.03. The highest BCUT2D eigenvalue weighted by Crippen LogP contribution is 2.14. The molecule has 9 heteroatoms. The predicted octanol–water partition coefficient (Wildman–Crippen LogP) is 2.38. The maximum atomic E-state index is 5.79. The van der Waals surface area contributed by atoms with Gasteiger partial charge in [0.25, 0.3) is 0 Å². The molecule has 0 saturated carbocycles. The van der Waals surface area contributed by atoms with Crippen molar-refractivity contribution in [2.24, 2.45) is 10.9 Å². The third kappa shape index (κ3) is 8.27. The van der Waals surface area contributed by atoms with Crippen molar-refractivity contribution in [1.82, 2.24) is 25.2 Å². The van der Waals surface area contributed by atoms with E-state index in [2.05, 4.69) is 25.6 Å². The molecule has 0 spiro atoms. The van der Waals surface area contributed by atoms with Crippen molar-refractivity contribution in [2.45, 2.75) is 25.8 Å². The van der Waals surface area contributed by atoms with Crippen LogP contribution in [0.2, 0.25) is 0 Å². The third-order valence-electron chi connectivity index (χ3n) is 4.71. The molecule has 0 radical (unpaired) electrons. The molecule has 0 amide bonds. The molecule has 160 valence electrons. The molecule has 2 N–H and O–H groups in total. The minimum Gasteiger partial charge on any atom is -0.381 e. The van der Waals surface area contributed by atoms with Crippen molar-refractivity contribution >= 4 is 29.9 Å². The van der Waals surface area contributed by atoms with Crippen LogP contribution in [0.5, 0.6) is 0 Å². The van der Waals surface area contributed by atoms with Crippen LogP contribution in [0.1, 0.15) is 24.8 Å². The molecule has 1 fully saturated rings. The van der Waals surface area contributed by atoms with Crippen LogP contribution in [0.4, 0.5) is 0 Å². The molecular weight excluding hydrogens is 483 g/mol. The van der Waals surface area contributed by atoms with Crippen LogP contribution in [0.3, 0.4) is 0 Å². The first-order valence-electron chi connectivity index (χ1n) is 9.88. The Morgan fingerprint density at radius 1 is 1.31 bits per heavy atom. The average molecular weight is 514 g/mol. The summed E-state index contributed by atoms with van der Waals surface area (Å²) in [7, 11) is 1.78. The molecule has 3 heterocycles. The van der Waals surface area contributed by atoms with Gasteiger partial charge >= 0.3 is 0 Å². The van der Waals surface area contributed by atoms with Gasteiger partial charge in [-0.05, 0) is 36.8 Å². The standard InChI is InChI=1S/C20H30N6O2.HI/c1-21-20(23-7-2-10-28-15-17-5-11-27-12-6-17)25-14-18-3-4-19(24-13-18)26-9-8-22-16-26;/h3-4,8-9,13,16-17H,2,5-7,10-12,14-15H2,1H3,(H2,21,23,25);1H. The quantitative estimate of drug-likeness (QED) is 0.232. The van der Waals surface area contributed by atoms with E-state index in [-0.39, 0.29) is 24.0 Å². The van der Waals surface area contributed by atoms with Gasteiger partial charge in [0.2, 0.25) is 0 Å². The molecule has 0 unspecified atom stereocenters. The molecule has 0 aliphatic carbocycles. The zero-order valence-corrected chi connectivity index (χ0v) is 19.2.